The molecule has 0 aromatic heterocycles. The van der Waals surface area contributed by atoms with Gasteiger partial charge in [-0.25, -0.2) is 8.42 Å². The zero-order valence-corrected chi connectivity index (χ0v) is 16.9. The molecule has 0 spiro atoms. The first-order valence-corrected chi connectivity index (χ1v) is 10.3. The van der Waals surface area contributed by atoms with Gasteiger partial charge in [-0.1, -0.05) is 47.5 Å². The molecule has 142 valence electrons. The fourth-order valence-corrected chi connectivity index (χ4v) is 4.42. The van der Waals surface area contributed by atoms with Crippen LogP contribution in [0, 0.1) is 0 Å². The van der Waals surface area contributed by atoms with Crippen LogP contribution in [0.2, 0.25) is 10.0 Å². The standard InChI is InChI=1S/C18H17Cl2N3O3S/c1-11(18(24)23(2)10-12-6-5-8-14(19)16(12)20)21-17-13-7-3-4-9-15(13)27(25,26)22-17/h3-9,11H,10H2,1-2H3,(H,21,22). The lowest BCUT2D eigenvalue weighted by Gasteiger charge is -2.20. The highest BCUT2D eigenvalue weighted by molar-refractivity contribution is 7.90. The van der Waals surface area contributed by atoms with Gasteiger partial charge in [-0.3, -0.25) is 14.5 Å². The third kappa shape index (κ3) is 3.95. The Hall–Kier alpha value is -2.09. The van der Waals surface area contributed by atoms with Gasteiger partial charge < -0.3 is 4.90 Å². The Labute approximate surface area is 167 Å². The van der Waals surface area contributed by atoms with Crippen LogP contribution in [0.3, 0.4) is 0 Å². The average Bonchev–Trinajstić information content (AvgIpc) is 2.89. The lowest BCUT2D eigenvalue weighted by atomic mass is 10.2. The van der Waals surface area contributed by atoms with Gasteiger partial charge in [0.15, 0.2) is 0 Å². The van der Waals surface area contributed by atoms with E-state index in [4.69, 9.17) is 23.2 Å². The topological polar surface area (TPSA) is 78.8 Å². The van der Waals surface area contributed by atoms with Crippen LogP contribution in [0.25, 0.3) is 0 Å². The van der Waals surface area contributed by atoms with E-state index in [0.717, 1.165) is 0 Å². The van der Waals surface area contributed by atoms with Crippen molar-refractivity contribution in [3.8, 4) is 0 Å². The van der Waals surface area contributed by atoms with Crippen molar-refractivity contribution in [3.63, 3.8) is 0 Å². The molecule has 3 rings (SSSR count). The van der Waals surface area contributed by atoms with Crippen LogP contribution in [0.1, 0.15) is 18.1 Å². The van der Waals surface area contributed by atoms with Crippen LogP contribution in [0.5, 0.6) is 0 Å². The van der Waals surface area contributed by atoms with E-state index in [1.165, 1.54) is 11.0 Å². The Kier molecular flexibility index (Phi) is 5.46. The van der Waals surface area contributed by atoms with Crippen molar-refractivity contribution in [1.82, 2.24) is 9.62 Å². The van der Waals surface area contributed by atoms with E-state index in [9.17, 15) is 13.2 Å². The number of sulfonamides is 1. The quantitative estimate of drug-likeness (QED) is 0.816. The number of hydrogen-bond acceptors (Lipinski definition) is 4. The summed E-state index contributed by atoms with van der Waals surface area (Å²) in [5, 5.41) is 0.815. The van der Waals surface area contributed by atoms with Crippen molar-refractivity contribution in [2.24, 2.45) is 4.99 Å². The maximum atomic E-state index is 12.7. The molecule has 1 N–H and O–H groups in total. The monoisotopic (exact) mass is 425 g/mol. The predicted molar refractivity (Wildman–Crippen MR) is 106 cm³/mol. The fraction of sp³-hybridized carbons (Fsp3) is 0.222. The second kappa shape index (κ2) is 7.50. The number of amidine groups is 1. The van der Waals surface area contributed by atoms with Crippen molar-refractivity contribution in [2.75, 3.05) is 7.05 Å². The summed E-state index contributed by atoms with van der Waals surface area (Å²) in [4.78, 5) is 18.6. The summed E-state index contributed by atoms with van der Waals surface area (Å²) in [6, 6.07) is 10.9. The summed E-state index contributed by atoms with van der Waals surface area (Å²) in [5.74, 6) is -0.109. The molecular weight excluding hydrogens is 409 g/mol. The minimum Gasteiger partial charge on any atom is -0.340 e. The number of benzene rings is 2. The molecule has 2 aromatic rings. The first kappa shape index (κ1) is 19.7. The molecule has 9 heteroatoms. The number of amides is 1. The van der Waals surface area contributed by atoms with Gasteiger partial charge in [0.25, 0.3) is 10.0 Å². The van der Waals surface area contributed by atoms with Gasteiger partial charge in [0, 0.05) is 19.2 Å². The van der Waals surface area contributed by atoms with Gasteiger partial charge in [-0.05, 0) is 30.7 Å². The molecule has 1 aliphatic heterocycles. The minimum atomic E-state index is -3.64. The summed E-state index contributed by atoms with van der Waals surface area (Å²) in [7, 11) is -2.02. The SMILES string of the molecule is CC(N=C1NS(=O)(=O)c2ccccc21)C(=O)N(C)Cc1cccc(Cl)c1Cl. The lowest BCUT2D eigenvalue weighted by Crippen LogP contribution is -2.35. The van der Waals surface area contributed by atoms with Crippen LogP contribution in [-0.4, -0.2) is 38.2 Å². The van der Waals surface area contributed by atoms with E-state index < -0.39 is 16.1 Å². The third-order valence-electron chi connectivity index (χ3n) is 4.16. The molecule has 0 aliphatic carbocycles. The number of fused-ring (bicyclic) bond motifs is 1. The zero-order valence-electron chi connectivity index (χ0n) is 14.6. The number of likely N-dealkylation sites (N-methyl/N-ethyl adjacent to an activating group) is 1. The van der Waals surface area contributed by atoms with E-state index in [1.807, 2.05) is 0 Å². The summed E-state index contributed by atoms with van der Waals surface area (Å²) < 4.78 is 26.7. The molecule has 0 radical (unpaired) electrons. The smallest absolute Gasteiger partial charge is 0.263 e. The maximum absolute atomic E-state index is 12.7. The van der Waals surface area contributed by atoms with E-state index in [2.05, 4.69) is 9.71 Å². The number of nitrogens with zero attached hydrogens (tertiary/aromatic N) is 2. The van der Waals surface area contributed by atoms with Gasteiger partial charge in [-0.15, -0.1) is 0 Å². The Morgan fingerprint density at radius 3 is 2.63 bits per heavy atom. The van der Waals surface area contributed by atoms with Gasteiger partial charge in [-0.2, -0.15) is 0 Å². The number of hydrogen-bond donors (Lipinski definition) is 1. The molecule has 0 saturated heterocycles. The number of carbonyl (C=O) groups excluding carboxylic acids is 1. The zero-order chi connectivity index (χ0) is 19.8. The second-order valence-electron chi connectivity index (χ2n) is 6.16. The number of rotatable bonds is 4. The number of carbonyl (C=O) groups is 1. The van der Waals surface area contributed by atoms with E-state index in [-0.39, 0.29) is 23.2 Å². The van der Waals surface area contributed by atoms with Crippen molar-refractivity contribution in [2.45, 2.75) is 24.4 Å². The Balaban J connectivity index is 1.80. The van der Waals surface area contributed by atoms with Crippen LogP contribution in [-0.2, 0) is 21.4 Å². The highest BCUT2D eigenvalue weighted by Gasteiger charge is 2.31. The van der Waals surface area contributed by atoms with E-state index >= 15 is 0 Å². The summed E-state index contributed by atoms with van der Waals surface area (Å²) in [6.07, 6.45) is 0. The molecule has 1 atom stereocenters. The Morgan fingerprint density at radius 1 is 1.19 bits per heavy atom. The van der Waals surface area contributed by atoms with Crippen LogP contribution >= 0.6 is 23.2 Å². The van der Waals surface area contributed by atoms with E-state index in [0.29, 0.717) is 21.2 Å². The number of aliphatic imine (C=N–C) groups is 1. The van der Waals surface area contributed by atoms with Gasteiger partial charge >= 0.3 is 0 Å². The highest BCUT2D eigenvalue weighted by Crippen LogP contribution is 2.27. The first-order valence-electron chi connectivity index (χ1n) is 8.08. The highest BCUT2D eigenvalue weighted by atomic mass is 35.5. The number of nitrogens with one attached hydrogen (secondary N) is 1. The van der Waals surface area contributed by atoms with Gasteiger partial charge in [0.2, 0.25) is 5.91 Å². The molecule has 1 unspecified atom stereocenters. The molecule has 1 heterocycles. The summed E-state index contributed by atoms with van der Waals surface area (Å²) >= 11 is 12.2. The lowest BCUT2D eigenvalue weighted by molar-refractivity contribution is -0.131. The normalized spacial score (nSPS) is 17.3. The molecule has 1 aliphatic rings. The molecule has 27 heavy (non-hydrogen) atoms. The molecule has 0 saturated carbocycles. The van der Waals surface area contributed by atoms with Crippen molar-refractivity contribution in [1.29, 1.82) is 0 Å². The minimum absolute atomic E-state index is 0.155. The predicted octanol–water partition coefficient (Wildman–Crippen LogP) is 3.08. The maximum Gasteiger partial charge on any atom is 0.263 e. The largest absolute Gasteiger partial charge is 0.340 e. The average molecular weight is 426 g/mol. The summed E-state index contributed by atoms with van der Waals surface area (Å²) in [5.41, 5.74) is 1.17. The van der Waals surface area contributed by atoms with E-state index in [1.54, 1.807) is 50.4 Å². The number of halogens is 2. The van der Waals surface area contributed by atoms with Crippen molar-refractivity contribution < 1.29 is 13.2 Å². The van der Waals surface area contributed by atoms with Crippen molar-refractivity contribution in [3.05, 3.63) is 63.6 Å². The molecular formula is C18H17Cl2N3O3S. The fourth-order valence-electron chi connectivity index (χ4n) is 2.80. The van der Waals surface area contributed by atoms with Crippen LogP contribution in [0.4, 0.5) is 0 Å². The molecule has 0 bridgehead atoms. The van der Waals surface area contributed by atoms with Crippen molar-refractivity contribution >= 4 is 45.0 Å². The first-order chi connectivity index (χ1) is 12.7. The Morgan fingerprint density at radius 2 is 1.89 bits per heavy atom. The van der Waals surface area contributed by atoms with Gasteiger partial charge in [0.1, 0.15) is 11.9 Å². The summed E-state index contributed by atoms with van der Waals surface area (Å²) in [6.45, 7) is 1.87. The Bertz CT molecular complexity index is 1040. The molecule has 0 fully saturated rings. The molecule has 2 aromatic carbocycles. The van der Waals surface area contributed by atoms with Crippen LogP contribution < -0.4 is 4.72 Å². The second-order valence-corrected chi connectivity index (χ2v) is 8.60. The van der Waals surface area contributed by atoms with Crippen LogP contribution in [0.15, 0.2) is 52.4 Å². The van der Waals surface area contributed by atoms with Gasteiger partial charge in [0.05, 0.1) is 14.9 Å². The molecule has 1 amide bonds. The molecule has 6 nitrogen and oxygen atoms in total. The third-order valence-corrected chi connectivity index (χ3v) is 6.41.